The molecule has 0 aliphatic rings. The predicted octanol–water partition coefficient (Wildman–Crippen LogP) is 2.91. The number of sulfonamides is 1. The van der Waals surface area contributed by atoms with Gasteiger partial charge in [-0.15, -0.1) is 0 Å². The van der Waals surface area contributed by atoms with E-state index < -0.39 is 15.8 Å². The van der Waals surface area contributed by atoms with Gasteiger partial charge in [-0.25, -0.2) is 17.5 Å². The van der Waals surface area contributed by atoms with Gasteiger partial charge in [-0.3, -0.25) is 0 Å². The molecule has 0 fully saturated rings. The number of halogens is 2. The van der Waals surface area contributed by atoms with Crippen LogP contribution in [0, 0.1) is 9.39 Å². The topological polar surface area (TPSA) is 46.2 Å². The second-order valence-corrected chi connectivity index (χ2v) is 6.92. The van der Waals surface area contributed by atoms with E-state index in [0.717, 1.165) is 15.2 Å². The predicted molar refractivity (Wildman–Crippen MR) is 79.6 cm³/mol. The Bertz CT molecular complexity index is 671. The summed E-state index contributed by atoms with van der Waals surface area (Å²) < 4.78 is 40.4. The highest BCUT2D eigenvalue weighted by Crippen LogP contribution is 2.12. The summed E-state index contributed by atoms with van der Waals surface area (Å²) in [6, 6.07) is 12.4. The maximum Gasteiger partial charge on any atom is 0.240 e. The van der Waals surface area contributed by atoms with Gasteiger partial charge in [-0.05, 0) is 58.5 Å². The average Bonchev–Trinajstić information content (AvgIpc) is 2.38. The first kappa shape index (κ1) is 14.4. The van der Waals surface area contributed by atoms with Crippen LogP contribution in [0.3, 0.4) is 0 Å². The van der Waals surface area contributed by atoms with Crippen LogP contribution in [-0.4, -0.2) is 8.42 Å². The summed E-state index contributed by atoms with van der Waals surface area (Å²) in [5.74, 6) is -0.572. The van der Waals surface area contributed by atoms with Gasteiger partial charge in [0.15, 0.2) is 0 Å². The number of hydrogen-bond donors (Lipinski definition) is 1. The molecule has 2 aromatic rings. The minimum atomic E-state index is -3.68. The summed E-state index contributed by atoms with van der Waals surface area (Å²) in [7, 11) is -3.68. The van der Waals surface area contributed by atoms with Crippen molar-refractivity contribution in [1.82, 2.24) is 4.72 Å². The molecule has 6 heteroatoms. The Kier molecular flexibility index (Phi) is 4.54. The molecule has 0 aromatic heterocycles. The molecule has 0 unspecified atom stereocenters. The molecule has 19 heavy (non-hydrogen) atoms. The van der Waals surface area contributed by atoms with Crippen molar-refractivity contribution in [3.8, 4) is 0 Å². The third kappa shape index (κ3) is 3.99. The smallest absolute Gasteiger partial charge is 0.207 e. The van der Waals surface area contributed by atoms with E-state index in [1.165, 1.54) is 18.2 Å². The first-order valence-corrected chi connectivity index (χ1v) is 8.03. The van der Waals surface area contributed by atoms with Crippen LogP contribution in [0.25, 0.3) is 0 Å². The average molecular weight is 391 g/mol. The van der Waals surface area contributed by atoms with E-state index in [1.54, 1.807) is 0 Å². The Hall–Kier alpha value is -0.990. The Balaban J connectivity index is 2.12. The van der Waals surface area contributed by atoms with Gasteiger partial charge in [-0.2, -0.15) is 0 Å². The first-order chi connectivity index (χ1) is 8.97. The molecule has 0 aliphatic carbocycles. The fraction of sp³-hybridized carbons (Fsp3) is 0.0769. The zero-order chi connectivity index (χ0) is 13.9. The maximum absolute atomic E-state index is 13.0. The second-order valence-electron chi connectivity index (χ2n) is 3.91. The van der Waals surface area contributed by atoms with E-state index in [1.807, 2.05) is 24.3 Å². The SMILES string of the molecule is O=S(=O)(NCc1ccc(I)cc1)c1cccc(F)c1. The molecule has 0 amide bonds. The standard InChI is InChI=1S/C13H11FINO2S/c14-11-2-1-3-13(8-11)19(17,18)16-9-10-4-6-12(15)7-5-10/h1-8,16H,9H2. The van der Waals surface area contributed by atoms with Crippen molar-refractivity contribution in [2.75, 3.05) is 0 Å². The monoisotopic (exact) mass is 391 g/mol. The summed E-state index contributed by atoms with van der Waals surface area (Å²) in [5.41, 5.74) is 0.848. The van der Waals surface area contributed by atoms with Crippen LogP contribution in [0.4, 0.5) is 4.39 Å². The third-order valence-corrected chi connectivity index (χ3v) is 4.60. The van der Waals surface area contributed by atoms with Crippen LogP contribution in [0.1, 0.15) is 5.56 Å². The van der Waals surface area contributed by atoms with Crippen LogP contribution in [0.15, 0.2) is 53.4 Å². The van der Waals surface area contributed by atoms with Crippen molar-refractivity contribution < 1.29 is 12.8 Å². The van der Waals surface area contributed by atoms with Crippen LogP contribution in [0.2, 0.25) is 0 Å². The van der Waals surface area contributed by atoms with E-state index in [2.05, 4.69) is 27.3 Å². The molecule has 100 valence electrons. The summed E-state index contributed by atoms with van der Waals surface area (Å²) in [6.45, 7) is 0.176. The minimum Gasteiger partial charge on any atom is -0.207 e. The largest absolute Gasteiger partial charge is 0.240 e. The minimum absolute atomic E-state index is 0.0713. The molecule has 0 radical (unpaired) electrons. The van der Waals surface area contributed by atoms with E-state index >= 15 is 0 Å². The van der Waals surface area contributed by atoms with Crippen molar-refractivity contribution in [2.24, 2.45) is 0 Å². The molecule has 2 aromatic carbocycles. The fourth-order valence-electron chi connectivity index (χ4n) is 1.50. The lowest BCUT2D eigenvalue weighted by Gasteiger charge is -2.07. The lowest BCUT2D eigenvalue weighted by Crippen LogP contribution is -2.23. The van der Waals surface area contributed by atoms with Gasteiger partial charge in [0.25, 0.3) is 0 Å². The molecular formula is C13H11FINO2S. The number of nitrogens with one attached hydrogen (secondary N) is 1. The highest BCUT2D eigenvalue weighted by molar-refractivity contribution is 14.1. The van der Waals surface area contributed by atoms with Crippen LogP contribution < -0.4 is 4.72 Å². The van der Waals surface area contributed by atoms with Gasteiger partial charge in [-0.1, -0.05) is 18.2 Å². The van der Waals surface area contributed by atoms with Gasteiger partial charge in [0.1, 0.15) is 5.82 Å². The molecule has 0 heterocycles. The Morgan fingerprint density at radius 1 is 1.11 bits per heavy atom. The van der Waals surface area contributed by atoms with E-state index in [-0.39, 0.29) is 11.4 Å². The van der Waals surface area contributed by atoms with Crippen LogP contribution in [0.5, 0.6) is 0 Å². The Labute approximate surface area is 125 Å². The molecule has 0 spiro atoms. The lowest BCUT2D eigenvalue weighted by molar-refractivity contribution is 0.577. The van der Waals surface area contributed by atoms with Gasteiger partial charge in [0, 0.05) is 10.1 Å². The molecule has 3 nitrogen and oxygen atoms in total. The van der Waals surface area contributed by atoms with Crippen LogP contribution in [-0.2, 0) is 16.6 Å². The quantitative estimate of drug-likeness (QED) is 0.815. The highest BCUT2D eigenvalue weighted by atomic mass is 127. The lowest BCUT2D eigenvalue weighted by atomic mass is 10.2. The van der Waals surface area contributed by atoms with E-state index in [4.69, 9.17) is 0 Å². The Morgan fingerprint density at radius 2 is 1.79 bits per heavy atom. The van der Waals surface area contributed by atoms with Crippen molar-refractivity contribution in [2.45, 2.75) is 11.4 Å². The van der Waals surface area contributed by atoms with Crippen molar-refractivity contribution in [3.63, 3.8) is 0 Å². The third-order valence-electron chi connectivity index (χ3n) is 2.49. The zero-order valence-corrected chi connectivity index (χ0v) is 12.8. The van der Waals surface area contributed by atoms with Gasteiger partial charge in [0.2, 0.25) is 10.0 Å². The molecule has 0 saturated carbocycles. The van der Waals surface area contributed by atoms with E-state index in [0.29, 0.717) is 0 Å². The van der Waals surface area contributed by atoms with Crippen molar-refractivity contribution in [3.05, 3.63) is 63.5 Å². The first-order valence-electron chi connectivity index (χ1n) is 5.47. The van der Waals surface area contributed by atoms with Gasteiger partial charge >= 0.3 is 0 Å². The number of rotatable bonds is 4. The van der Waals surface area contributed by atoms with Crippen LogP contribution >= 0.6 is 22.6 Å². The van der Waals surface area contributed by atoms with Gasteiger partial charge in [0.05, 0.1) is 4.90 Å². The fourth-order valence-corrected chi connectivity index (χ4v) is 2.91. The molecule has 0 atom stereocenters. The second kappa shape index (κ2) is 5.98. The molecule has 1 N–H and O–H groups in total. The molecule has 0 aliphatic heterocycles. The summed E-state index contributed by atoms with van der Waals surface area (Å²) in [5, 5.41) is 0. The highest BCUT2D eigenvalue weighted by Gasteiger charge is 2.13. The summed E-state index contributed by atoms with van der Waals surface area (Å²) in [6.07, 6.45) is 0. The van der Waals surface area contributed by atoms with Crippen molar-refractivity contribution in [1.29, 1.82) is 0 Å². The molecule has 0 saturated heterocycles. The maximum atomic E-state index is 13.0. The summed E-state index contributed by atoms with van der Waals surface area (Å²) in [4.78, 5) is -0.0713. The van der Waals surface area contributed by atoms with Crippen molar-refractivity contribution >= 4 is 32.6 Å². The van der Waals surface area contributed by atoms with Gasteiger partial charge < -0.3 is 0 Å². The molecular weight excluding hydrogens is 380 g/mol. The normalized spacial score (nSPS) is 11.5. The zero-order valence-electron chi connectivity index (χ0n) is 9.81. The Morgan fingerprint density at radius 3 is 2.42 bits per heavy atom. The van der Waals surface area contributed by atoms with E-state index in [9.17, 15) is 12.8 Å². The summed E-state index contributed by atoms with van der Waals surface area (Å²) >= 11 is 2.17. The number of hydrogen-bond acceptors (Lipinski definition) is 2. The molecule has 2 rings (SSSR count). The molecule has 0 bridgehead atoms. The number of benzene rings is 2.